The molecule has 0 bridgehead atoms. The van der Waals surface area contributed by atoms with Crippen molar-refractivity contribution in [3.8, 4) is 6.07 Å². The zero-order chi connectivity index (χ0) is 22.9. The Kier molecular flexibility index (Phi) is 6.76. The summed E-state index contributed by atoms with van der Waals surface area (Å²) < 4.78 is 14.9. The van der Waals surface area contributed by atoms with Crippen LogP contribution in [0.1, 0.15) is 109 Å². The van der Waals surface area contributed by atoms with Crippen LogP contribution in [-0.2, 0) is 16.2 Å². The molecular formula is C26H36FN3. The predicted octanol–water partition coefficient (Wildman–Crippen LogP) is 6.94. The van der Waals surface area contributed by atoms with Crippen molar-refractivity contribution in [2.75, 3.05) is 0 Å². The molecule has 2 heterocycles. The van der Waals surface area contributed by atoms with Gasteiger partial charge in [-0.05, 0) is 52.8 Å². The summed E-state index contributed by atoms with van der Waals surface area (Å²) in [5, 5.41) is 9.58. The van der Waals surface area contributed by atoms with E-state index in [2.05, 4.69) is 64.5 Å². The standard InChI is InChI=1S/C26H36FN3/c1-17(22-12-18(14-28)20(16-29-22)25(5,6)7)10-11-26(8,9)23-21(27)13-19(15-30-23)24(2,3)4/h12-13,15-17H,10-11H2,1-9H3. The molecule has 3 nitrogen and oxygen atoms in total. The fourth-order valence-electron chi connectivity index (χ4n) is 3.62. The second-order valence-corrected chi connectivity index (χ2v) is 11.1. The van der Waals surface area contributed by atoms with Crippen LogP contribution >= 0.6 is 0 Å². The molecule has 0 aromatic carbocycles. The van der Waals surface area contributed by atoms with Crippen LogP contribution in [0.15, 0.2) is 24.5 Å². The molecule has 2 aromatic rings. The van der Waals surface area contributed by atoms with E-state index >= 15 is 0 Å². The summed E-state index contributed by atoms with van der Waals surface area (Å²) >= 11 is 0. The molecule has 0 aliphatic carbocycles. The molecule has 0 amide bonds. The Bertz CT molecular complexity index is 940. The number of pyridine rings is 2. The average Bonchev–Trinajstić information content (AvgIpc) is 2.63. The molecule has 0 N–H and O–H groups in total. The number of aromatic nitrogens is 2. The number of halogens is 1. The van der Waals surface area contributed by atoms with Gasteiger partial charge < -0.3 is 0 Å². The topological polar surface area (TPSA) is 49.6 Å². The van der Waals surface area contributed by atoms with Gasteiger partial charge in [-0.25, -0.2) is 4.39 Å². The van der Waals surface area contributed by atoms with E-state index in [0.29, 0.717) is 11.3 Å². The summed E-state index contributed by atoms with van der Waals surface area (Å²) in [5.74, 6) is -0.0678. The lowest BCUT2D eigenvalue weighted by Crippen LogP contribution is -2.23. The SMILES string of the molecule is CC(CCC(C)(C)c1ncc(C(C)(C)C)cc1F)c1cc(C#N)c(C(C)(C)C)cn1. The second-order valence-electron chi connectivity index (χ2n) is 11.1. The van der Waals surface area contributed by atoms with Crippen LogP contribution in [0.2, 0.25) is 0 Å². The van der Waals surface area contributed by atoms with Crippen LogP contribution in [0.25, 0.3) is 0 Å². The molecule has 0 aliphatic heterocycles. The highest BCUT2D eigenvalue weighted by Crippen LogP contribution is 2.35. The van der Waals surface area contributed by atoms with Gasteiger partial charge in [-0.3, -0.25) is 9.97 Å². The quantitative estimate of drug-likeness (QED) is 0.537. The third kappa shape index (κ3) is 5.45. The van der Waals surface area contributed by atoms with Crippen LogP contribution in [0, 0.1) is 17.1 Å². The minimum Gasteiger partial charge on any atom is -0.261 e. The molecule has 0 saturated carbocycles. The summed E-state index contributed by atoms with van der Waals surface area (Å²) in [7, 11) is 0. The molecule has 30 heavy (non-hydrogen) atoms. The van der Waals surface area contributed by atoms with E-state index < -0.39 is 5.41 Å². The van der Waals surface area contributed by atoms with Crippen molar-refractivity contribution in [2.45, 2.75) is 97.3 Å². The van der Waals surface area contributed by atoms with E-state index in [9.17, 15) is 9.65 Å². The molecule has 0 fully saturated rings. The largest absolute Gasteiger partial charge is 0.261 e. The van der Waals surface area contributed by atoms with Crippen molar-refractivity contribution in [2.24, 2.45) is 0 Å². The van der Waals surface area contributed by atoms with E-state index in [1.807, 2.05) is 26.1 Å². The molecule has 2 rings (SSSR count). The number of hydrogen-bond donors (Lipinski definition) is 0. The summed E-state index contributed by atoms with van der Waals surface area (Å²) in [6.07, 6.45) is 5.25. The van der Waals surface area contributed by atoms with Crippen molar-refractivity contribution in [3.05, 3.63) is 58.4 Å². The van der Waals surface area contributed by atoms with Crippen molar-refractivity contribution in [3.63, 3.8) is 0 Å². The van der Waals surface area contributed by atoms with Crippen molar-refractivity contribution in [1.29, 1.82) is 5.26 Å². The molecule has 1 atom stereocenters. The Morgan fingerprint density at radius 3 is 2.10 bits per heavy atom. The van der Waals surface area contributed by atoms with Gasteiger partial charge in [0.2, 0.25) is 0 Å². The second kappa shape index (κ2) is 8.46. The first-order chi connectivity index (χ1) is 13.7. The van der Waals surface area contributed by atoms with E-state index in [4.69, 9.17) is 0 Å². The maximum Gasteiger partial charge on any atom is 0.145 e. The maximum atomic E-state index is 14.9. The summed E-state index contributed by atoms with van der Waals surface area (Å²) in [5.41, 5.74) is 3.33. The Morgan fingerprint density at radius 2 is 1.60 bits per heavy atom. The third-order valence-electron chi connectivity index (χ3n) is 5.91. The number of hydrogen-bond acceptors (Lipinski definition) is 3. The van der Waals surface area contributed by atoms with Gasteiger partial charge >= 0.3 is 0 Å². The normalized spacial score (nSPS) is 13.8. The Labute approximate surface area is 181 Å². The van der Waals surface area contributed by atoms with Crippen molar-refractivity contribution >= 4 is 0 Å². The Morgan fingerprint density at radius 1 is 0.967 bits per heavy atom. The van der Waals surface area contributed by atoms with Gasteiger partial charge in [0, 0.05) is 23.5 Å². The predicted molar refractivity (Wildman–Crippen MR) is 121 cm³/mol. The minimum absolute atomic E-state index is 0.121. The molecule has 2 aromatic heterocycles. The van der Waals surface area contributed by atoms with E-state index in [-0.39, 0.29) is 22.6 Å². The zero-order valence-corrected chi connectivity index (χ0v) is 20.0. The lowest BCUT2D eigenvalue weighted by Gasteiger charge is -2.28. The van der Waals surface area contributed by atoms with Gasteiger partial charge in [-0.15, -0.1) is 0 Å². The van der Waals surface area contributed by atoms with Crippen LogP contribution < -0.4 is 0 Å². The smallest absolute Gasteiger partial charge is 0.145 e. The lowest BCUT2D eigenvalue weighted by atomic mass is 9.79. The molecule has 1 unspecified atom stereocenters. The molecule has 0 spiro atoms. The first-order valence-corrected chi connectivity index (χ1v) is 10.7. The van der Waals surface area contributed by atoms with Gasteiger partial charge in [0.15, 0.2) is 0 Å². The third-order valence-corrected chi connectivity index (χ3v) is 5.91. The average molecular weight is 410 g/mol. The highest BCUT2D eigenvalue weighted by Gasteiger charge is 2.28. The molecule has 0 radical (unpaired) electrons. The monoisotopic (exact) mass is 409 g/mol. The van der Waals surface area contributed by atoms with Crippen LogP contribution in [0.4, 0.5) is 4.39 Å². The van der Waals surface area contributed by atoms with Gasteiger partial charge in [0.25, 0.3) is 0 Å². The number of nitrogens with zero attached hydrogens (tertiary/aromatic N) is 3. The highest BCUT2D eigenvalue weighted by molar-refractivity contribution is 5.41. The maximum absolute atomic E-state index is 14.9. The Balaban J connectivity index is 2.19. The summed E-state index contributed by atoms with van der Waals surface area (Å²) in [4.78, 5) is 9.14. The Hall–Kier alpha value is -2.28. The summed E-state index contributed by atoms with van der Waals surface area (Å²) in [6, 6.07) is 5.86. The van der Waals surface area contributed by atoms with Crippen LogP contribution in [0.3, 0.4) is 0 Å². The van der Waals surface area contributed by atoms with Crippen molar-refractivity contribution in [1.82, 2.24) is 9.97 Å². The molecule has 0 aliphatic rings. The van der Waals surface area contributed by atoms with Gasteiger partial charge in [-0.1, -0.05) is 62.3 Å². The molecule has 162 valence electrons. The zero-order valence-electron chi connectivity index (χ0n) is 20.0. The van der Waals surface area contributed by atoms with Gasteiger partial charge in [-0.2, -0.15) is 5.26 Å². The van der Waals surface area contributed by atoms with Gasteiger partial charge in [0.05, 0.1) is 17.3 Å². The molecular weight excluding hydrogens is 373 g/mol. The molecule has 0 saturated heterocycles. The lowest BCUT2D eigenvalue weighted by molar-refractivity contribution is 0.403. The van der Waals surface area contributed by atoms with E-state index in [1.165, 1.54) is 0 Å². The minimum atomic E-state index is -0.391. The van der Waals surface area contributed by atoms with Crippen molar-refractivity contribution < 1.29 is 4.39 Å². The first-order valence-electron chi connectivity index (χ1n) is 10.7. The van der Waals surface area contributed by atoms with E-state index in [0.717, 1.165) is 29.7 Å². The fraction of sp³-hybridized carbons (Fsp3) is 0.577. The van der Waals surface area contributed by atoms with Gasteiger partial charge in [0.1, 0.15) is 5.82 Å². The first kappa shape index (κ1) is 24.0. The highest BCUT2D eigenvalue weighted by atomic mass is 19.1. The van der Waals surface area contributed by atoms with Crippen LogP contribution in [0.5, 0.6) is 0 Å². The van der Waals surface area contributed by atoms with Crippen LogP contribution in [-0.4, -0.2) is 9.97 Å². The number of rotatable bonds is 5. The fourth-order valence-corrected chi connectivity index (χ4v) is 3.62. The summed E-state index contributed by atoms with van der Waals surface area (Å²) in [6.45, 7) is 18.6. The molecule has 4 heteroatoms. The van der Waals surface area contributed by atoms with E-state index in [1.54, 1.807) is 12.3 Å². The number of nitriles is 1.